The number of carbonyl (C=O) groups is 1. The van der Waals surface area contributed by atoms with Gasteiger partial charge in [-0.2, -0.15) is 13.2 Å². The zero-order valence-electron chi connectivity index (χ0n) is 17.5. The number of benzene rings is 1. The van der Waals surface area contributed by atoms with Crippen LogP contribution in [0.5, 0.6) is 5.75 Å². The highest BCUT2D eigenvalue weighted by Crippen LogP contribution is 2.29. The number of aromatic nitrogens is 1. The molecule has 1 amide bonds. The fraction of sp³-hybridized carbons (Fsp3) is 0.286. The first-order valence-corrected chi connectivity index (χ1v) is 9.42. The number of amidine groups is 1. The molecule has 0 aliphatic heterocycles. The zero-order chi connectivity index (χ0) is 25.3. The predicted octanol–water partition coefficient (Wildman–Crippen LogP) is 3.75. The van der Waals surface area contributed by atoms with Crippen LogP contribution >= 0.6 is 0 Å². The molecule has 182 valence electrons. The Morgan fingerprint density at radius 3 is 2.62 bits per heavy atom. The van der Waals surface area contributed by atoms with Crippen LogP contribution in [-0.2, 0) is 11.2 Å². The third kappa shape index (κ3) is 7.58. The molecule has 0 aliphatic carbocycles. The fourth-order valence-electron chi connectivity index (χ4n) is 2.52. The van der Waals surface area contributed by atoms with Gasteiger partial charge < -0.3 is 20.5 Å². The number of nitrogens with zero attached hydrogens (tertiary/aromatic N) is 2. The lowest BCUT2D eigenvalue weighted by Crippen LogP contribution is -2.38. The van der Waals surface area contributed by atoms with E-state index in [9.17, 15) is 31.1 Å². The Hall–Kier alpha value is -3.95. The number of anilines is 1. The Labute approximate surface area is 190 Å². The number of pyridine rings is 1. The molecule has 0 spiro atoms. The summed E-state index contributed by atoms with van der Waals surface area (Å²) in [5, 5.41) is 2.22. The smallest absolute Gasteiger partial charge is 0.425 e. The molecule has 7 nitrogen and oxygen atoms in total. The highest BCUT2D eigenvalue weighted by atomic mass is 19.4. The van der Waals surface area contributed by atoms with Crippen molar-refractivity contribution in [3.05, 3.63) is 53.4 Å². The number of rotatable bonds is 8. The van der Waals surface area contributed by atoms with E-state index in [0.29, 0.717) is 11.8 Å². The highest BCUT2D eigenvalue weighted by molar-refractivity contribution is 6.02. The molecule has 0 radical (unpaired) electrons. The van der Waals surface area contributed by atoms with Crippen molar-refractivity contribution in [3.8, 4) is 17.6 Å². The second-order valence-corrected chi connectivity index (χ2v) is 6.45. The molecule has 0 aliphatic rings. The Balaban J connectivity index is 2.21. The molecule has 0 fully saturated rings. The second-order valence-electron chi connectivity index (χ2n) is 6.45. The first kappa shape index (κ1) is 26.3. The summed E-state index contributed by atoms with van der Waals surface area (Å²) in [7, 11) is 0. The van der Waals surface area contributed by atoms with E-state index in [-0.39, 0.29) is 18.0 Å². The molecule has 3 N–H and O–H groups in total. The number of alkyl halides is 4. The molecule has 0 bridgehead atoms. The van der Waals surface area contributed by atoms with Gasteiger partial charge in [-0.1, -0.05) is 5.92 Å². The van der Waals surface area contributed by atoms with E-state index >= 15 is 0 Å². The van der Waals surface area contributed by atoms with Crippen molar-refractivity contribution >= 4 is 17.6 Å². The first-order valence-electron chi connectivity index (χ1n) is 9.42. The van der Waals surface area contributed by atoms with Crippen molar-refractivity contribution in [1.82, 2.24) is 4.98 Å². The van der Waals surface area contributed by atoms with Crippen LogP contribution in [0.1, 0.15) is 23.0 Å². The Morgan fingerprint density at radius 1 is 1.29 bits per heavy atom. The minimum Gasteiger partial charge on any atom is -0.479 e. The van der Waals surface area contributed by atoms with E-state index in [1.54, 1.807) is 6.92 Å². The number of aliphatic imine (C=N–C) groups is 1. The number of nitrogens with two attached hydrogens (primary N) is 1. The van der Waals surface area contributed by atoms with Crippen LogP contribution in [0, 0.1) is 23.5 Å². The van der Waals surface area contributed by atoms with Gasteiger partial charge in [0.1, 0.15) is 18.1 Å². The van der Waals surface area contributed by atoms with Crippen molar-refractivity contribution in [1.29, 1.82) is 0 Å². The normalized spacial score (nSPS) is 12.4. The fourth-order valence-corrected chi connectivity index (χ4v) is 2.52. The van der Waals surface area contributed by atoms with E-state index < -0.39 is 54.6 Å². The maximum Gasteiger partial charge on any atom is 0.425 e. The van der Waals surface area contributed by atoms with Gasteiger partial charge >= 0.3 is 6.18 Å². The van der Waals surface area contributed by atoms with Crippen LogP contribution in [0.25, 0.3) is 0 Å². The van der Waals surface area contributed by atoms with Gasteiger partial charge in [0.15, 0.2) is 18.4 Å². The van der Waals surface area contributed by atoms with E-state index in [0.717, 1.165) is 6.07 Å². The number of hydrogen-bond donors (Lipinski definition) is 2. The summed E-state index contributed by atoms with van der Waals surface area (Å²) in [6.07, 6.45) is -7.83. The Kier molecular flexibility index (Phi) is 9.11. The summed E-state index contributed by atoms with van der Waals surface area (Å²) in [5.74, 6) is 1.66. The lowest BCUT2D eigenvalue weighted by molar-refractivity contribution is -0.198. The largest absolute Gasteiger partial charge is 0.479 e. The van der Waals surface area contributed by atoms with Gasteiger partial charge in [0.2, 0.25) is 6.10 Å². The van der Waals surface area contributed by atoms with Gasteiger partial charge in [0.05, 0.1) is 6.20 Å². The predicted molar refractivity (Wildman–Crippen MR) is 110 cm³/mol. The van der Waals surface area contributed by atoms with Gasteiger partial charge in [0.25, 0.3) is 11.9 Å². The molecule has 0 saturated carbocycles. The summed E-state index contributed by atoms with van der Waals surface area (Å²) >= 11 is 0. The third-order valence-electron chi connectivity index (χ3n) is 4.07. The minimum atomic E-state index is -5.07. The van der Waals surface area contributed by atoms with Crippen LogP contribution in [0.2, 0.25) is 0 Å². The summed E-state index contributed by atoms with van der Waals surface area (Å²) < 4.78 is 89.7. The van der Waals surface area contributed by atoms with Crippen LogP contribution in [-0.4, -0.2) is 42.6 Å². The number of amides is 1. The lowest BCUT2D eigenvalue weighted by atomic mass is 10.1. The third-order valence-corrected chi connectivity index (χ3v) is 4.07. The van der Waals surface area contributed by atoms with Crippen molar-refractivity contribution in [2.45, 2.75) is 25.6 Å². The molecular formula is C21H18F6N4O3. The zero-order valence-corrected chi connectivity index (χ0v) is 17.5. The molecule has 1 atom stereocenters. The SMILES string of the molecule is CC#CCOc1ccc(C(=O)Nc2cc(F)c(F)c(C[C@H](O/C(N)=N\CF)C(F)(F)F)c2)nc1. The summed E-state index contributed by atoms with van der Waals surface area (Å²) in [4.78, 5) is 19.1. The van der Waals surface area contributed by atoms with Gasteiger partial charge in [0, 0.05) is 18.2 Å². The monoisotopic (exact) mass is 488 g/mol. The van der Waals surface area contributed by atoms with Crippen LogP contribution < -0.4 is 15.8 Å². The summed E-state index contributed by atoms with van der Waals surface area (Å²) in [5.41, 5.74) is 3.80. The second kappa shape index (κ2) is 11.8. The maximum absolute atomic E-state index is 14.2. The number of halogens is 6. The van der Waals surface area contributed by atoms with Gasteiger partial charge in [-0.05, 0) is 30.7 Å². The summed E-state index contributed by atoms with van der Waals surface area (Å²) in [6, 6.07) is 2.97. The van der Waals surface area contributed by atoms with Crippen molar-refractivity contribution < 1.29 is 40.6 Å². The van der Waals surface area contributed by atoms with Gasteiger partial charge in [-0.3, -0.25) is 4.79 Å². The molecule has 34 heavy (non-hydrogen) atoms. The van der Waals surface area contributed by atoms with Gasteiger partial charge in [-0.25, -0.2) is 23.1 Å². The van der Waals surface area contributed by atoms with E-state index in [2.05, 4.69) is 31.9 Å². The standard InChI is InChI=1S/C21H18F6N4O3/c1-2-3-6-33-14-4-5-16(29-10-14)19(32)31-13-7-12(18(24)15(23)9-13)8-17(21(25,26)27)34-20(28)30-11-22/h4-5,7,9-10,17H,6,8,11H2,1H3,(H2,28,30)(H,31,32)/t17-/m0/s1. The van der Waals surface area contributed by atoms with Crippen molar-refractivity contribution in [2.24, 2.45) is 10.7 Å². The maximum atomic E-state index is 14.2. The molecule has 1 heterocycles. The van der Waals surface area contributed by atoms with E-state index in [1.165, 1.54) is 18.3 Å². The molecule has 1 aromatic carbocycles. The topological polar surface area (TPSA) is 98.8 Å². The van der Waals surface area contributed by atoms with E-state index in [4.69, 9.17) is 10.5 Å². The van der Waals surface area contributed by atoms with Crippen molar-refractivity contribution in [2.75, 3.05) is 18.7 Å². The molecular weight excluding hydrogens is 470 g/mol. The average Bonchev–Trinajstić information content (AvgIpc) is 2.76. The van der Waals surface area contributed by atoms with Crippen molar-refractivity contribution in [3.63, 3.8) is 0 Å². The number of carbonyl (C=O) groups excluding carboxylic acids is 1. The Bertz CT molecular complexity index is 1090. The van der Waals surface area contributed by atoms with E-state index in [1.807, 2.05) is 0 Å². The Morgan fingerprint density at radius 2 is 2.03 bits per heavy atom. The molecule has 13 heteroatoms. The lowest BCUT2D eigenvalue weighted by Gasteiger charge is -2.21. The number of hydrogen-bond acceptors (Lipinski definition) is 5. The molecule has 1 aromatic heterocycles. The first-order chi connectivity index (χ1) is 16.0. The van der Waals surface area contributed by atoms with Crippen LogP contribution in [0.3, 0.4) is 0 Å². The summed E-state index contributed by atoms with van der Waals surface area (Å²) in [6.45, 7) is 0.301. The average molecular weight is 488 g/mol. The van der Waals surface area contributed by atoms with Crippen LogP contribution in [0.4, 0.5) is 32.0 Å². The highest BCUT2D eigenvalue weighted by Gasteiger charge is 2.43. The molecule has 2 rings (SSSR count). The number of nitrogens with one attached hydrogen (secondary N) is 1. The molecule has 2 aromatic rings. The quantitative estimate of drug-likeness (QED) is 0.194. The number of ether oxygens (including phenoxy) is 2. The van der Waals surface area contributed by atoms with Gasteiger partial charge in [-0.15, -0.1) is 5.92 Å². The molecule has 0 unspecified atom stereocenters. The minimum absolute atomic E-state index is 0.106. The van der Waals surface area contributed by atoms with Crippen LogP contribution in [0.15, 0.2) is 35.5 Å². The molecule has 0 saturated heterocycles.